The van der Waals surface area contributed by atoms with Crippen molar-refractivity contribution in [3.05, 3.63) is 24.3 Å². The van der Waals surface area contributed by atoms with Gasteiger partial charge >= 0.3 is 0 Å². The van der Waals surface area contributed by atoms with Crippen LogP contribution in [0.2, 0.25) is 0 Å². The van der Waals surface area contributed by atoms with E-state index in [-0.39, 0.29) is 40.2 Å². The van der Waals surface area contributed by atoms with E-state index in [1.54, 1.807) is 0 Å². The minimum absolute atomic E-state index is 0. The number of benzene rings is 1. The molecule has 0 saturated carbocycles. The first kappa shape index (κ1) is 16.0. The van der Waals surface area contributed by atoms with Crippen LogP contribution in [0, 0.1) is 0 Å². The van der Waals surface area contributed by atoms with E-state index in [0.29, 0.717) is 0 Å². The normalized spacial score (nSPS) is 9.21. The molecule has 0 atom stereocenters. The van der Waals surface area contributed by atoms with Crippen molar-refractivity contribution in [3.8, 4) is 5.75 Å². The predicted molar refractivity (Wildman–Crippen MR) is 50.8 cm³/mol. The maximum Gasteiger partial charge on any atom is 0.294 e. The van der Waals surface area contributed by atoms with Crippen LogP contribution in [0.3, 0.4) is 0 Å². The Morgan fingerprint density at radius 3 is 1.71 bits per heavy atom. The first-order valence-electron chi connectivity index (χ1n) is 3.05. The van der Waals surface area contributed by atoms with Crippen LogP contribution < -0.4 is 0 Å². The summed E-state index contributed by atoms with van der Waals surface area (Å²) in [7, 11) is -4.13. The van der Waals surface area contributed by atoms with Gasteiger partial charge in [-0.1, -0.05) is 0 Å². The Morgan fingerprint density at radius 1 is 1.07 bits per heavy atom. The van der Waals surface area contributed by atoms with Gasteiger partial charge in [0.05, 0.1) is 4.90 Å². The molecule has 0 heterocycles. The maximum atomic E-state index is 10.4. The van der Waals surface area contributed by atoms with Gasteiger partial charge in [0.15, 0.2) is 0 Å². The molecule has 1 aromatic carbocycles. The molecule has 73 valence electrons. The summed E-state index contributed by atoms with van der Waals surface area (Å²) in [6.45, 7) is 2.00. The molecular formula is C7H8NaO5S. The maximum absolute atomic E-state index is 10.4. The Kier molecular flexibility index (Phi) is 7.98. The van der Waals surface area contributed by atoms with Gasteiger partial charge in [0, 0.05) is 29.6 Å². The molecule has 0 aliphatic heterocycles. The summed E-state index contributed by atoms with van der Waals surface area (Å²) in [6, 6.07) is 4.60. The fourth-order valence-corrected chi connectivity index (χ4v) is 1.10. The second-order valence-electron chi connectivity index (χ2n) is 1.97. The van der Waals surface area contributed by atoms with Gasteiger partial charge in [-0.05, 0) is 24.3 Å². The van der Waals surface area contributed by atoms with Crippen molar-refractivity contribution < 1.29 is 22.9 Å². The number of hydrogen-bond acceptors (Lipinski definition) is 4. The number of phenols is 1. The van der Waals surface area contributed by atoms with Crippen LogP contribution >= 0.6 is 0 Å². The Bertz CT molecular complexity index is 358. The third-order valence-electron chi connectivity index (χ3n) is 1.13. The van der Waals surface area contributed by atoms with E-state index in [9.17, 15) is 8.42 Å². The molecule has 0 saturated heterocycles. The summed E-state index contributed by atoms with van der Waals surface area (Å²) >= 11 is 0. The number of hydrogen-bond donors (Lipinski definition) is 2. The van der Waals surface area contributed by atoms with Gasteiger partial charge in [-0.15, -0.1) is 0 Å². The smallest absolute Gasteiger partial charge is 0.294 e. The third kappa shape index (κ3) is 5.36. The quantitative estimate of drug-likeness (QED) is 0.523. The summed E-state index contributed by atoms with van der Waals surface area (Å²) in [5, 5.41) is 8.75. The van der Waals surface area contributed by atoms with Gasteiger partial charge in [0.2, 0.25) is 0 Å². The molecule has 14 heavy (non-hydrogen) atoms. The standard InChI is InChI=1S/C6H6O4S.CH2O.Na/c7-5-1-3-6(4-2-5)11(8,9)10;1-2;/h1-4,7H,(H,8,9,10);1H2;. The van der Waals surface area contributed by atoms with Crippen molar-refractivity contribution >= 4 is 46.5 Å². The molecule has 0 fully saturated rings. The molecule has 0 aliphatic rings. The van der Waals surface area contributed by atoms with Crippen LogP contribution in [-0.2, 0) is 14.9 Å². The fraction of sp³-hybridized carbons (Fsp3) is 0. The van der Waals surface area contributed by atoms with Crippen LogP contribution in [0.25, 0.3) is 0 Å². The minimum atomic E-state index is -4.13. The van der Waals surface area contributed by atoms with Crippen molar-refractivity contribution in [1.82, 2.24) is 0 Å². The van der Waals surface area contributed by atoms with Gasteiger partial charge in [-0.2, -0.15) is 8.42 Å². The Labute approximate surface area is 104 Å². The SMILES string of the molecule is C=O.O=S(=O)(O)c1ccc(O)cc1.[Na]. The first-order valence-corrected chi connectivity index (χ1v) is 4.49. The molecule has 0 spiro atoms. The van der Waals surface area contributed by atoms with Gasteiger partial charge in [0.1, 0.15) is 12.5 Å². The molecule has 1 radical (unpaired) electrons. The van der Waals surface area contributed by atoms with Gasteiger partial charge in [-0.25, -0.2) is 0 Å². The number of carbonyl (C=O) groups excluding carboxylic acids is 1. The second-order valence-corrected chi connectivity index (χ2v) is 3.39. The second kappa shape index (κ2) is 6.97. The zero-order valence-corrected chi connectivity index (χ0v) is 10.4. The Balaban J connectivity index is 0. The average Bonchev–Trinajstić information content (AvgIpc) is 2.07. The van der Waals surface area contributed by atoms with Gasteiger partial charge in [0.25, 0.3) is 10.1 Å². The van der Waals surface area contributed by atoms with Crippen LogP contribution in [0.4, 0.5) is 0 Å². The summed E-state index contributed by atoms with van der Waals surface area (Å²) in [4.78, 5) is 7.77. The third-order valence-corrected chi connectivity index (χ3v) is 2.00. The summed E-state index contributed by atoms with van der Waals surface area (Å²) in [5.74, 6) is -0.0441. The number of rotatable bonds is 1. The van der Waals surface area contributed by atoms with Crippen molar-refractivity contribution in [2.45, 2.75) is 4.90 Å². The van der Waals surface area contributed by atoms with E-state index < -0.39 is 10.1 Å². The Hall–Kier alpha value is -0.400. The summed E-state index contributed by atoms with van der Waals surface area (Å²) in [5.41, 5.74) is 0. The van der Waals surface area contributed by atoms with Gasteiger partial charge in [-0.3, -0.25) is 4.55 Å². The largest absolute Gasteiger partial charge is 0.508 e. The van der Waals surface area contributed by atoms with Crippen LogP contribution in [0.5, 0.6) is 5.75 Å². The minimum Gasteiger partial charge on any atom is -0.508 e. The Morgan fingerprint density at radius 2 is 1.43 bits per heavy atom. The van der Waals surface area contributed by atoms with Crippen LogP contribution in [0.1, 0.15) is 0 Å². The number of phenolic OH excluding ortho intramolecular Hbond substituents is 1. The van der Waals surface area contributed by atoms with E-state index >= 15 is 0 Å². The summed E-state index contributed by atoms with van der Waals surface area (Å²) < 4.78 is 29.3. The molecule has 0 amide bonds. The molecule has 5 nitrogen and oxygen atoms in total. The zero-order chi connectivity index (χ0) is 10.5. The van der Waals surface area contributed by atoms with E-state index in [1.807, 2.05) is 6.79 Å². The molecule has 2 N–H and O–H groups in total. The average molecular weight is 227 g/mol. The monoisotopic (exact) mass is 227 g/mol. The first-order chi connectivity index (χ1) is 6.00. The molecular weight excluding hydrogens is 219 g/mol. The van der Waals surface area contributed by atoms with E-state index in [0.717, 1.165) is 12.1 Å². The topological polar surface area (TPSA) is 91.7 Å². The van der Waals surface area contributed by atoms with E-state index in [1.165, 1.54) is 12.1 Å². The molecule has 1 aromatic rings. The molecule has 0 unspecified atom stereocenters. The van der Waals surface area contributed by atoms with Crippen LogP contribution in [0.15, 0.2) is 29.2 Å². The van der Waals surface area contributed by atoms with Crippen molar-refractivity contribution in [3.63, 3.8) is 0 Å². The van der Waals surface area contributed by atoms with Crippen LogP contribution in [-0.4, -0.2) is 54.4 Å². The van der Waals surface area contributed by atoms with Crippen molar-refractivity contribution in [1.29, 1.82) is 0 Å². The number of aromatic hydroxyl groups is 1. The van der Waals surface area contributed by atoms with E-state index in [2.05, 4.69) is 0 Å². The van der Waals surface area contributed by atoms with Gasteiger partial charge < -0.3 is 9.90 Å². The van der Waals surface area contributed by atoms with E-state index in [4.69, 9.17) is 14.5 Å². The van der Waals surface area contributed by atoms with Crippen molar-refractivity contribution in [2.24, 2.45) is 0 Å². The fourth-order valence-electron chi connectivity index (χ4n) is 0.618. The number of carbonyl (C=O) groups is 1. The molecule has 1 rings (SSSR count). The predicted octanol–water partition coefficient (Wildman–Crippen LogP) is 0.0732. The summed E-state index contributed by atoms with van der Waals surface area (Å²) in [6.07, 6.45) is 0. The van der Waals surface area contributed by atoms with Crippen molar-refractivity contribution in [2.75, 3.05) is 0 Å². The molecule has 7 heteroatoms. The zero-order valence-electron chi connectivity index (χ0n) is 7.54. The molecule has 0 aliphatic carbocycles. The molecule has 0 bridgehead atoms. The molecule has 0 aromatic heterocycles.